The minimum Gasteiger partial charge on any atom is -0.331 e. The van der Waals surface area contributed by atoms with E-state index in [4.69, 9.17) is 5.73 Å². The van der Waals surface area contributed by atoms with Crippen LogP contribution in [0.5, 0.6) is 0 Å². The summed E-state index contributed by atoms with van der Waals surface area (Å²) in [7, 11) is 0. The molecule has 2 aromatic carbocycles. The van der Waals surface area contributed by atoms with Crippen molar-refractivity contribution < 1.29 is 9.72 Å². The highest BCUT2D eigenvalue weighted by atomic mass is 16.6. The summed E-state index contributed by atoms with van der Waals surface area (Å²) in [6.07, 6.45) is 2.00. The van der Waals surface area contributed by atoms with Gasteiger partial charge >= 0.3 is 0 Å². The lowest BCUT2D eigenvalue weighted by atomic mass is 10.1. The molecule has 0 unspecified atom stereocenters. The van der Waals surface area contributed by atoms with Crippen molar-refractivity contribution in [3.8, 4) is 0 Å². The molecule has 24 heavy (non-hydrogen) atoms. The predicted octanol–water partition coefficient (Wildman–Crippen LogP) is 2.86. The van der Waals surface area contributed by atoms with Crippen LogP contribution >= 0.6 is 0 Å². The Balaban J connectivity index is 1.76. The number of benzene rings is 2. The van der Waals surface area contributed by atoms with Gasteiger partial charge in [0.1, 0.15) is 0 Å². The van der Waals surface area contributed by atoms with Gasteiger partial charge in [-0.25, -0.2) is 0 Å². The normalized spacial score (nSPS) is 13.5. The molecule has 0 atom stereocenters. The van der Waals surface area contributed by atoms with Gasteiger partial charge in [0.15, 0.2) is 0 Å². The van der Waals surface area contributed by atoms with Crippen molar-refractivity contribution >= 4 is 11.6 Å². The fourth-order valence-electron chi connectivity index (χ4n) is 2.62. The van der Waals surface area contributed by atoms with Gasteiger partial charge in [-0.1, -0.05) is 24.3 Å². The van der Waals surface area contributed by atoms with Gasteiger partial charge < -0.3 is 10.6 Å². The lowest BCUT2D eigenvalue weighted by Gasteiger charge is -2.23. The molecular formula is C18H19N3O3. The Kier molecular flexibility index (Phi) is 4.57. The van der Waals surface area contributed by atoms with E-state index < -0.39 is 4.92 Å². The first-order chi connectivity index (χ1) is 11.6. The van der Waals surface area contributed by atoms with Crippen molar-refractivity contribution in [1.82, 2.24) is 4.90 Å². The zero-order valence-electron chi connectivity index (χ0n) is 13.2. The number of amides is 1. The van der Waals surface area contributed by atoms with E-state index in [1.807, 2.05) is 17.0 Å². The first kappa shape index (κ1) is 16.1. The highest BCUT2D eigenvalue weighted by Gasteiger charge is 2.33. The maximum absolute atomic E-state index is 12.8. The van der Waals surface area contributed by atoms with Crippen molar-refractivity contribution in [2.75, 3.05) is 0 Å². The molecule has 0 saturated heterocycles. The molecule has 0 bridgehead atoms. The third-order valence-electron chi connectivity index (χ3n) is 4.19. The molecule has 1 saturated carbocycles. The van der Waals surface area contributed by atoms with Crippen LogP contribution < -0.4 is 5.73 Å². The Morgan fingerprint density at radius 1 is 1.08 bits per heavy atom. The second kappa shape index (κ2) is 6.80. The molecule has 1 amide bonds. The number of hydrogen-bond acceptors (Lipinski definition) is 4. The Labute approximate surface area is 140 Å². The fourth-order valence-corrected chi connectivity index (χ4v) is 2.62. The third kappa shape index (κ3) is 3.60. The molecule has 6 heteroatoms. The highest BCUT2D eigenvalue weighted by Crippen LogP contribution is 2.30. The summed E-state index contributed by atoms with van der Waals surface area (Å²) in [5, 5.41) is 10.7. The quantitative estimate of drug-likeness (QED) is 0.653. The Morgan fingerprint density at radius 2 is 1.67 bits per heavy atom. The molecule has 0 aromatic heterocycles. The van der Waals surface area contributed by atoms with Crippen LogP contribution in [0.1, 0.15) is 34.3 Å². The van der Waals surface area contributed by atoms with Crippen molar-refractivity contribution in [3.63, 3.8) is 0 Å². The molecule has 0 radical (unpaired) electrons. The summed E-state index contributed by atoms with van der Waals surface area (Å²) >= 11 is 0. The number of nitrogens with two attached hydrogens (primary N) is 1. The zero-order chi connectivity index (χ0) is 17.1. The molecule has 0 heterocycles. The molecule has 1 aliphatic carbocycles. The van der Waals surface area contributed by atoms with Crippen LogP contribution in [0.3, 0.4) is 0 Å². The van der Waals surface area contributed by atoms with Crippen molar-refractivity contribution in [2.45, 2.75) is 32.0 Å². The Morgan fingerprint density at radius 3 is 2.17 bits per heavy atom. The van der Waals surface area contributed by atoms with Crippen molar-refractivity contribution in [1.29, 1.82) is 0 Å². The Hall–Kier alpha value is -2.73. The minimum absolute atomic E-state index is 0.0144. The van der Waals surface area contributed by atoms with Crippen LogP contribution in [0, 0.1) is 10.1 Å². The standard InChI is InChI=1S/C18H19N3O3/c19-11-13-1-5-15(6-2-13)18(22)20(16-9-10-16)12-14-3-7-17(8-4-14)21(23)24/h1-8,16H,9-12,19H2. The number of hydrogen-bond donors (Lipinski definition) is 1. The number of nitro groups is 1. The molecule has 6 nitrogen and oxygen atoms in total. The molecule has 0 spiro atoms. The topological polar surface area (TPSA) is 89.5 Å². The van der Waals surface area contributed by atoms with E-state index in [9.17, 15) is 14.9 Å². The summed E-state index contributed by atoms with van der Waals surface area (Å²) in [5.74, 6) is -0.0144. The predicted molar refractivity (Wildman–Crippen MR) is 90.3 cm³/mol. The van der Waals surface area contributed by atoms with Crippen LogP contribution in [-0.2, 0) is 13.1 Å². The summed E-state index contributed by atoms with van der Waals surface area (Å²) in [4.78, 5) is 24.9. The van der Waals surface area contributed by atoms with Gasteiger partial charge in [0.05, 0.1) is 4.92 Å². The second-order valence-electron chi connectivity index (χ2n) is 5.99. The molecular weight excluding hydrogens is 306 g/mol. The van der Waals surface area contributed by atoms with E-state index in [0.717, 1.165) is 24.0 Å². The average Bonchev–Trinajstić information content (AvgIpc) is 3.44. The average molecular weight is 325 g/mol. The van der Waals surface area contributed by atoms with Gasteiger partial charge in [-0.15, -0.1) is 0 Å². The van der Waals surface area contributed by atoms with E-state index in [2.05, 4.69) is 0 Å². The van der Waals surface area contributed by atoms with Gasteiger partial charge in [-0.3, -0.25) is 14.9 Å². The summed E-state index contributed by atoms with van der Waals surface area (Å²) in [5.41, 5.74) is 8.16. The lowest BCUT2D eigenvalue weighted by Crippen LogP contribution is -2.32. The van der Waals surface area contributed by atoms with Gasteiger partial charge in [0, 0.05) is 36.8 Å². The van der Waals surface area contributed by atoms with Gasteiger partial charge in [0.25, 0.3) is 11.6 Å². The molecule has 2 N–H and O–H groups in total. The maximum Gasteiger partial charge on any atom is 0.269 e. The summed E-state index contributed by atoms with van der Waals surface area (Å²) in [6, 6.07) is 13.9. The molecule has 124 valence electrons. The highest BCUT2D eigenvalue weighted by molar-refractivity contribution is 5.94. The number of rotatable bonds is 6. The largest absolute Gasteiger partial charge is 0.331 e. The molecule has 2 aromatic rings. The van der Waals surface area contributed by atoms with Crippen LogP contribution in [0.15, 0.2) is 48.5 Å². The monoisotopic (exact) mass is 325 g/mol. The van der Waals surface area contributed by atoms with Crippen molar-refractivity contribution in [3.05, 3.63) is 75.3 Å². The summed E-state index contributed by atoms with van der Waals surface area (Å²) < 4.78 is 0. The summed E-state index contributed by atoms with van der Waals surface area (Å²) in [6.45, 7) is 0.906. The SMILES string of the molecule is NCc1ccc(C(=O)N(Cc2ccc([N+](=O)[O-])cc2)C2CC2)cc1. The van der Waals surface area contributed by atoms with Crippen LogP contribution in [0.25, 0.3) is 0 Å². The van der Waals surface area contributed by atoms with Crippen LogP contribution in [-0.4, -0.2) is 21.8 Å². The van der Waals surface area contributed by atoms with E-state index >= 15 is 0 Å². The Bertz CT molecular complexity index is 737. The van der Waals surface area contributed by atoms with Crippen LogP contribution in [0.4, 0.5) is 5.69 Å². The number of non-ortho nitro benzene ring substituents is 1. The van der Waals surface area contributed by atoms with Gasteiger partial charge in [-0.05, 0) is 36.1 Å². The molecule has 1 fully saturated rings. The van der Waals surface area contributed by atoms with E-state index in [-0.39, 0.29) is 17.6 Å². The minimum atomic E-state index is -0.424. The maximum atomic E-state index is 12.8. The number of nitrogens with zero attached hydrogens (tertiary/aromatic N) is 2. The number of carbonyl (C=O) groups is 1. The molecule has 3 rings (SSSR count). The number of nitro benzene ring substituents is 1. The fraction of sp³-hybridized carbons (Fsp3) is 0.278. The number of carbonyl (C=O) groups excluding carboxylic acids is 1. The molecule has 1 aliphatic rings. The lowest BCUT2D eigenvalue weighted by molar-refractivity contribution is -0.384. The van der Waals surface area contributed by atoms with E-state index in [1.165, 1.54) is 12.1 Å². The van der Waals surface area contributed by atoms with Gasteiger partial charge in [0.2, 0.25) is 0 Å². The molecule has 0 aliphatic heterocycles. The third-order valence-corrected chi connectivity index (χ3v) is 4.19. The smallest absolute Gasteiger partial charge is 0.269 e. The first-order valence-corrected chi connectivity index (χ1v) is 7.92. The van der Waals surface area contributed by atoms with Gasteiger partial charge in [-0.2, -0.15) is 0 Å². The zero-order valence-corrected chi connectivity index (χ0v) is 13.2. The van der Waals surface area contributed by atoms with E-state index in [0.29, 0.717) is 18.7 Å². The van der Waals surface area contributed by atoms with Crippen LogP contribution in [0.2, 0.25) is 0 Å². The van der Waals surface area contributed by atoms with E-state index in [1.54, 1.807) is 24.3 Å². The van der Waals surface area contributed by atoms with Crippen molar-refractivity contribution in [2.24, 2.45) is 5.73 Å². The first-order valence-electron chi connectivity index (χ1n) is 7.92. The second-order valence-corrected chi connectivity index (χ2v) is 5.99.